The fourth-order valence-corrected chi connectivity index (χ4v) is 4.48. The van der Waals surface area contributed by atoms with Gasteiger partial charge in [0.15, 0.2) is 0 Å². The molecule has 1 atom stereocenters. The summed E-state index contributed by atoms with van der Waals surface area (Å²) in [7, 11) is 0. The van der Waals surface area contributed by atoms with E-state index in [0.29, 0.717) is 31.4 Å². The molecule has 5 rings (SSSR count). The second-order valence-electron chi connectivity index (χ2n) is 8.59. The molecule has 2 fully saturated rings. The normalized spacial score (nSPS) is 22.3. The van der Waals surface area contributed by atoms with E-state index in [1.807, 2.05) is 23.1 Å². The molecule has 1 unspecified atom stereocenters. The van der Waals surface area contributed by atoms with Gasteiger partial charge in [-0.3, -0.25) is 9.59 Å². The third-order valence-corrected chi connectivity index (χ3v) is 6.48. The first-order valence-electron chi connectivity index (χ1n) is 10.7. The summed E-state index contributed by atoms with van der Waals surface area (Å²) in [6.45, 7) is 2.60. The summed E-state index contributed by atoms with van der Waals surface area (Å²) >= 11 is 0. The molecule has 1 aromatic heterocycles. The molecule has 1 amide bonds. The average molecular weight is 393 g/mol. The standard InChI is InChI=1S/C23H27N3O3/c27-22-8-7-20(17-5-6-17)24-26(22)14-16-9-11-25(12-10-16)23(28)21-13-18-3-1-2-4-19(18)15-29-21/h1-4,7-8,16-17,21H,5-6,9-15H2. The zero-order chi connectivity index (χ0) is 19.8. The Balaban J connectivity index is 1.17. The highest BCUT2D eigenvalue weighted by Gasteiger charge is 2.32. The predicted octanol–water partition coefficient (Wildman–Crippen LogP) is 2.50. The lowest BCUT2D eigenvalue weighted by atomic mass is 9.95. The summed E-state index contributed by atoms with van der Waals surface area (Å²) in [4.78, 5) is 27.1. The molecule has 1 aromatic carbocycles. The van der Waals surface area contributed by atoms with Crippen molar-refractivity contribution in [1.29, 1.82) is 0 Å². The number of fused-ring (bicyclic) bond motifs is 1. The smallest absolute Gasteiger partial charge is 0.266 e. The van der Waals surface area contributed by atoms with Crippen molar-refractivity contribution in [2.75, 3.05) is 13.1 Å². The maximum absolute atomic E-state index is 12.9. The number of nitrogens with zero attached hydrogens (tertiary/aromatic N) is 3. The number of hydrogen-bond donors (Lipinski definition) is 0. The number of benzene rings is 1. The fourth-order valence-electron chi connectivity index (χ4n) is 4.48. The lowest BCUT2D eigenvalue weighted by molar-refractivity contribution is -0.147. The van der Waals surface area contributed by atoms with Crippen LogP contribution in [0.1, 0.15) is 48.4 Å². The Morgan fingerprint density at radius 1 is 1.03 bits per heavy atom. The molecular weight excluding hydrogens is 366 g/mol. The first-order chi connectivity index (χ1) is 14.2. The Labute approximate surface area is 170 Å². The molecule has 1 saturated carbocycles. The van der Waals surface area contributed by atoms with Gasteiger partial charge in [-0.05, 0) is 48.8 Å². The third kappa shape index (κ3) is 3.99. The minimum absolute atomic E-state index is 0.0258. The van der Waals surface area contributed by atoms with Crippen molar-refractivity contribution in [2.24, 2.45) is 5.92 Å². The third-order valence-electron chi connectivity index (χ3n) is 6.48. The van der Waals surface area contributed by atoms with Gasteiger partial charge >= 0.3 is 0 Å². The molecule has 3 aliphatic rings. The Hall–Kier alpha value is -2.47. The molecular formula is C23H27N3O3. The lowest BCUT2D eigenvalue weighted by Crippen LogP contribution is -2.47. The van der Waals surface area contributed by atoms with Crippen LogP contribution in [0.15, 0.2) is 41.2 Å². The van der Waals surface area contributed by atoms with Crippen molar-refractivity contribution in [3.8, 4) is 0 Å². The SMILES string of the molecule is O=C(C1Cc2ccccc2CO1)N1CCC(Cn2nc(C3CC3)ccc2=O)CC1. The number of ether oxygens (including phenoxy) is 1. The Morgan fingerprint density at radius 2 is 1.79 bits per heavy atom. The van der Waals surface area contributed by atoms with E-state index >= 15 is 0 Å². The molecule has 0 spiro atoms. The summed E-state index contributed by atoms with van der Waals surface area (Å²) in [5, 5.41) is 4.58. The summed E-state index contributed by atoms with van der Waals surface area (Å²) < 4.78 is 7.49. The summed E-state index contributed by atoms with van der Waals surface area (Å²) in [5.41, 5.74) is 3.42. The predicted molar refractivity (Wildman–Crippen MR) is 108 cm³/mol. The average Bonchev–Trinajstić information content (AvgIpc) is 3.60. The van der Waals surface area contributed by atoms with Gasteiger partial charge < -0.3 is 9.64 Å². The van der Waals surface area contributed by atoms with Crippen LogP contribution in [0, 0.1) is 5.92 Å². The highest BCUT2D eigenvalue weighted by atomic mass is 16.5. The number of likely N-dealkylation sites (tertiary alicyclic amines) is 1. The van der Waals surface area contributed by atoms with Gasteiger partial charge in [0.1, 0.15) is 6.10 Å². The zero-order valence-corrected chi connectivity index (χ0v) is 16.6. The quantitative estimate of drug-likeness (QED) is 0.801. The zero-order valence-electron chi connectivity index (χ0n) is 16.6. The van der Waals surface area contributed by atoms with E-state index in [1.165, 1.54) is 24.0 Å². The van der Waals surface area contributed by atoms with E-state index in [-0.39, 0.29) is 17.6 Å². The number of carbonyl (C=O) groups excluding carboxylic acids is 1. The topological polar surface area (TPSA) is 64.4 Å². The van der Waals surface area contributed by atoms with Gasteiger partial charge in [-0.2, -0.15) is 5.10 Å². The largest absolute Gasteiger partial charge is 0.363 e. The van der Waals surface area contributed by atoms with Crippen molar-refractivity contribution in [3.63, 3.8) is 0 Å². The van der Waals surface area contributed by atoms with E-state index < -0.39 is 0 Å². The fraction of sp³-hybridized carbons (Fsp3) is 0.522. The summed E-state index contributed by atoms with van der Waals surface area (Å²) in [6, 6.07) is 11.7. The Kier molecular flexibility index (Phi) is 4.96. The van der Waals surface area contributed by atoms with Crippen molar-refractivity contribution in [2.45, 2.75) is 57.3 Å². The summed E-state index contributed by atoms with van der Waals surface area (Å²) in [6.07, 6.45) is 4.44. The van der Waals surface area contributed by atoms with Gasteiger partial charge in [0.25, 0.3) is 11.5 Å². The van der Waals surface area contributed by atoms with Gasteiger partial charge in [0.05, 0.1) is 12.3 Å². The Bertz CT molecular complexity index is 958. The molecule has 0 N–H and O–H groups in total. The molecule has 1 aliphatic carbocycles. The molecule has 2 aliphatic heterocycles. The van der Waals surface area contributed by atoms with Crippen LogP contribution in [0.3, 0.4) is 0 Å². The molecule has 152 valence electrons. The van der Waals surface area contributed by atoms with Crippen LogP contribution in [-0.4, -0.2) is 39.8 Å². The number of amides is 1. The monoisotopic (exact) mass is 393 g/mol. The van der Waals surface area contributed by atoms with E-state index in [4.69, 9.17) is 4.74 Å². The first kappa shape index (κ1) is 18.6. The number of hydrogen-bond acceptors (Lipinski definition) is 4. The van der Waals surface area contributed by atoms with Crippen LogP contribution >= 0.6 is 0 Å². The second-order valence-corrected chi connectivity index (χ2v) is 8.59. The summed E-state index contributed by atoms with van der Waals surface area (Å²) in [5.74, 6) is 1.03. The lowest BCUT2D eigenvalue weighted by Gasteiger charge is -2.35. The van der Waals surface area contributed by atoms with Gasteiger partial charge in [-0.15, -0.1) is 0 Å². The van der Waals surface area contributed by atoms with Crippen LogP contribution in [0.5, 0.6) is 0 Å². The Morgan fingerprint density at radius 3 is 2.55 bits per heavy atom. The minimum atomic E-state index is -0.374. The van der Waals surface area contributed by atoms with Crippen LogP contribution in [0.2, 0.25) is 0 Å². The molecule has 29 heavy (non-hydrogen) atoms. The van der Waals surface area contributed by atoms with E-state index in [0.717, 1.165) is 31.6 Å². The van der Waals surface area contributed by atoms with Crippen molar-refractivity contribution < 1.29 is 9.53 Å². The van der Waals surface area contributed by atoms with Gasteiger partial charge in [0, 0.05) is 38.0 Å². The molecule has 2 aromatic rings. The van der Waals surface area contributed by atoms with Crippen LogP contribution in [-0.2, 0) is 29.1 Å². The van der Waals surface area contributed by atoms with E-state index in [1.54, 1.807) is 10.7 Å². The van der Waals surface area contributed by atoms with Gasteiger partial charge in [0.2, 0.25) is 0 Å². The molecule has 6 nitrogen and oxygen atoms in total. The van der Waals surface area contributed by atoms with Crippen LogP contribution < -0.4 is 5.56 Å². The number of carbonyl (C=O) groups is 1. The van der Waals surface area contributed by atoms with E-state index in [9.17, 15) is 9.59 Å². The molecule has 6 heteroatoms. The van der Waals surface area contributed by atoms with Gasteiger partial charge in [-0.1, -0.05) is 24.3 Å². The maximum atomic E-state index is 12.9. The van der Waals surface area contributed by atoms with Gasteiger partial charge in [-0.25, -0.2) is 4.68 Å². The number of aromatic nitrogens is 2. The first-order valence-corrected chi connectivity index (χ1v) is 10.7. The molecule has 1 saturated heterocycles. The van der Waals surface area contributed by atoms with Crippen LogP contribution in [0.4, 0.5) is 0 Å². The van der Waals surface area contributed by atoms with Crippen LogP contribution in [0.25, 0.3) is 0 Å². The number of rotatable bonds is 4. The minimum Gasteiger partial charge on any atom is -0.363 e. The highest BCUT2D eigenvalue weighted by molar-refractivity contribution is 5.81. The van der Waals surface area contributed by atoms with Crippen molar-refractivity contribution >= 4 is 5.91 Å². The number of piperidine rings is 1. The van der Waals surface area contributed by atoms with E-state index in [2.05, 4.69) is 17.2 Å². The molecule has 3 heterocycles. The van der Waals surface area contributed by atoms with Crippen molar-refractivity contribution in [1.82, 2.24) is 14.7 Å². The second kappa shape index (κ2) is 7.75. The maximum Gasteiger partial charge on any atom is 0.266 e. The van der Waals surface area contributed by atoms with Crippen molar-refractivity contribution in [3.05, 3.63) is 63.6 Å². The molecule has 0 bridgehead atoms. The molecule has 0 radical (unpaired) electrons. The highest BCUT2D eigenvalue weighted by Crippen LogP contribution is 2.38.